The lowest BCUT2D eigenvalue weighted by Crippen LogP contribution is -2.34. The standard InChI is InChI=1S/C20H26N2/c1-17(18-8-3-2-4-9-18)12-15-22-14-6-5-11-20(22)19-10-7-13-21-16-19/h2-4,7-10,13,16-17,20H,5-6,11-12,14-15H2,1H3/t17-,20+/m1/s1. The molecule has 1 fully saturated rings. The van der Waals surface area contributed by atoms with Crippen LogP contribution in [0.5, 0.6) is 0 Å². The molecule has 2 aromatic rings. The van der Waals surface area contributed by atoms with Gasteiger partial charge in [-0.25, -0.2) is 0 Å². The Hall–Kier alpha value is -1.67. The SMILES string of the molecule is C[C@H](CCN1CCCC[C@H]1c1cccnc1)c1ccccc1. The molecule has 0 spiro atoms. The fraction of sp³-hybridized carbons (Fsp3) is 0.450. The highest BCUT2D eigenvalue weighted by atomic mass is 15.2. The van der Waals surface area contributed by atoms with Crippen LogP contribution in [-0.4, -0.2) is 23.0 Å². The quantitative estimate of drug-likeness (QED) is 0.787. The van der Waals surface area contributed by atoms with E-state index in [1.54, 1.807) is 0 Å². The first kappa shape index (κ1) is 15.2. The van der Waals surface area contributed by atoms with Gasteiger partial charge in [-0.2, -0.15) is 0 Å². The van der Waals surface area contributed by atoms with Crippen LogP contribution in [0.1, 0.15) is 55.7 Å². The van der Waals surface area contributed by atoms with Gasteiger partial charge in [-0.15, -0.1) is 0 Å². The summed E-state index contributed by atoms with van der Waals surface area (Å²) < 4.78 is 0. The Bertz CT molecular complexity index is 552. The summed E-state index contributed by atoms with van der Waals surface area (Å²) in [6.45, 7) is 4.75. The molecule has 2 heterocycles. The largest absolute Gasteiger partial charge is 0.296 e. The highest BCUT2D eigenvalue weighted by Crippen LogP contribution is 2.31. The Morgan fingerprint density at radius 2 is 2.00 bits per heavy atom. The van der Waals surface area contributed by atoms with Gasteiger partial charge in [0.25, 0.3) is 0 Å². The molecular formula is C20H26N2. The number of benzene rings is 1. The van der Waals surface area contributed by atoms with Crippen molar-refractivity contribution in [1.82, 2.24) is 9.88 Å². The third-order valence-electron chi connectivity index (χ3n) is 4.90. The molecule has 0 unspecified atom stereocenters. The van der Waals surface area contributed by atoms with Gasteiger partial charge in [0.05, 0.1) is 0 Å². The Balaban J connectivity index is 1.62. The summed E-state index contributed by atoms with van der Waals surface area (Å²) in [4.78, 5) is 6.98. The summed E-state index contributed by atoms with van der Waals surface area (Å²) in [5.74, 6) is 0.623. The van der Waals surface area contributed by atoms with Crippen LogP contribution in [0.2, 0.25) is 0 Å². The number of aromatic nitrogens is 1. The van der Waals surface area contributed by atoms with E-state index in [0.717, 1.165) is 0 Å². The number of likely N-dealkylation sites (tertiary alicyclic amines) is 1. The van der Waals surface area contributed by atoms with Crippen molar-refractivity contribution in [3.8, 4) is 0 Å². The van der Waals surface area contributed by atoms with Gasteiger partial charge < -0.3 is 0 Å². The van der Waals surface area contributed by atoms with Crippen LogP contribution in [0, 0.1) is 0 Å². The second-order valence-corrected chi connectivity index (χ2v) is 6.43. The summed E-state index contributed by atoms with van der Waals surface area (Å²) in [6, 6.07) is 15.7. The summed E-state index contributed by atoms with van der Waals surface area (Å²) in [7, 11) is 0. The van der Waals surface area contributed by atoms with Crippen LogP contribution in [0.15, 0.2) is 54.9 Å². The van der Waals surface area contributed by atoms with Crippen molar-refractivity contribution in [2.45, 2.75) is 44.6 Å². The molecule has 0 radical (unpaired) electrons. The third-order valence-corrected chi connectivity index (χ3v) is 4.90. The lowest BCUT2D eigenvalue weighted by Gasteiger charge is -2.36. The van der Waals surface area contributed by atoms with Gasteiger partial charge in [-0.05, 0) is 55.5 Å². The number of nitrogens with zero attached hydrogens (tertiary/aromatic N) is 2. The molecule has 1 aromatic carbocycles. The van der Waals surface area contributed by atoms with Crippen molar-refractivity contribution in [3.05, 3.63) is 66.0 Å². The molecule has 0 N–H and O–H groups in total. The monoisotopic (exact) mass is 294 g/mol. The molecule has 1 aliphatic heterocycles. The molecule has 2 nitrogen and oxygen atoms in total. The summed E-state index contributed by atoms with van der Waals surface area (Å²) in [6.07, 6.45) is 9.07. The minimum atomic E-state index is 0.561. The fourth-order valence-corrected chi connectivity index (χ4v) is 3.52. The molecular weight excluding hydrogens is 268 g/mol. The number of hydrogen-bond donors (Lipinski definition) is 0. The predicted octanol–water partition coefficient (Wildman–Crippen LogP) is 4.80. The van der Waals surface area contributed by atoms with E-state index in [1.807, 2.05) is 12.4 Å². The average molecular weight is 294 g/mol. The molecule has 1 aromatic heterocycles. The van der Waals surface area contributed by atoms with Crippen LogP contribution >= 0.6 is 0 Å². The van der Waals surface area contributed by atoms with Crippen molar-refractivity contribution in [2.24, 2.45) is 0 Å². The van der Waals surface area contributed by atoms with Gasteiger partial charge in [-0.3, -0.25) is 9.88 Å². The topological polar surface area (TPSA) is 16.1 Å². The maximum absolute atomic E-state index is 4.31. The van der Waals surface area contributed by atoms with E-state index in [4.69, 9.17) is 0 Å². The summed E-state index contributed by atoms with van der Waals surface area (Å²) >= 11 is 0. The van der Waals surface area contributed by atoms with Crippen molar-refractivity contribution < 1.29 is 0 Å². The van der Waals surface area contributed by atoms with Gasteiger partial charge in [0.15, 0.2) is 0 Å². The normalized spacial score (nSPS) is 20.7. The molecule has 0 bridgehead atoms. The Morgan fingerprint density at radius 1 is 1.14 bits per heavy atom. The van der Waals surface area contributed by atoms with E-state index in [1.165, 1.54) is 49.9 Å². The number of pyridine rings is 1. The lowest BCUT2D eigenvalue weighted by atomic mass is 9.93. The highest BCUT2D eigenvalue weighted by molar-refractivity contribution is 5.19. The molecule has 22 heavy (non-hydrogen) atoms. The first-order valence-corrected chi connectivity index (χ1v) is 8.53. The smallest absolute Gasteiger partial charge is 0.0363 e. The van der Waals surface area contributed by atoms with Crippen LogP contribution in [0.4, 0.5) is 0 Å². The zero-order chi connectivity index (χ0) is 15.2. The van der Waals surface area contributed by atoms with E-state index in [9.17, 15) is 0 Å². The molecule has 0 aliphatic carbocycles. The summed E-state index contributed by atoms with van der Waals surface area (Å²) in [5, 5.41) is 0. The van der Waals surface area contributed by atoms with Crippen molar-refractivity contribution in [1.29, 1.82) is 0 Å². The van der Waals surface area contributed by atoms with E-state index in [2.05, 4.69) is 59.3 Å². The number of piperidine rings is 1. The second kappa shape index (κ2) is 7.55. The Labute approximate surface area is 134 Å². The molecule has 116 valence electrons. The molecule has 1 saturated heterocycles. The van der Waals surface area contributed by atoms with Crippen LogP contribution in [0.3, 0.4) is 0 Å². The minimum Gasteiger partial charge on any atom is -0.296 e. The van der Waals surface area contributed by atoms with Gasteiger partial charge in [-0.1, -0.05) is 49.7 Å². The zero-order valence-electron chi connectivity index (χ0n) is 13.5. The van der Waals surface area contributed by atoms with E-state index in [-0.39, 0.29) is 0 Å². The summed E-state index contributed by atoms with van der Waals surface area (Å²) in [5.41, 5.74) is 2.84. The van der Waals surface area contributed by atoms with Gasteiger partial charge in [0, 0.05) is 18.4 Å². The van der Waals surface area contributed by atoms with E-state index >= 15 is 0 Å². The number of rotatable bonds is 5. The number of hydrogen-bond acceptors (Lipinski definition) is 2. The first-order valence-electron chi connectivity index (χ1n) is 8.53. The van der Waals surface area contributed by atoms with Gasteiger partial charge in [0.2, 0.25) is 0 Å². The molecule has 2 atom stereocenters. The minimum absolute atomic E-state index is 0.561. The fourth-order valence-electron chi connectivity index (χ4n) is 3.52. The maximum atomic E-state index is 4.31. The van der Waals surface area contributed by atoms with E-state index in [0.29, 0.717) is 12.0 Å². The Morgan fingerprint density at radius 3 is 2.77 bits per heavy atom. The van der Waals surface area contributed by atoms with Crippen molar-refractivity contribution in [3.63, 3.8) is 0 Å². The van der Waals surface area contributed by atoms with Crippen LogP contribution < -0.4 is 0 Å². The third kappa shape index (κ3) is 3.75. The molecule has 2 heteroatoms. The lowest BCUT2D eigenvalue weighted by molar-refractivity contribution is 0.144. The van der Waals surface area contributed by atoms with Crippen LogP contribution in [-0.2, 0) is 0 Å². The highest BCUT2D eigenvalue weighted by Gasteiger charge is 2.24. The molecule has 0 saturated carbocycles. The van der Waals surface area contributed by atoms with E-state index < -0.39 is 0 Å². The first-order chi connectivity index (χ1) is 10.8. The van der Waals surface area contributed by atoms with Crippen LogP contribution in [0.25, 0.3) is 0 Å². The molecule has 3 rings (SSSR count). The van der Waals surface area contributed by atoms with Crippen molar-refractivity contribution in [2.75, 3.05) is 13.1 Å². The molecule has 1 aliphatic rings. The predicted molar refractivity (Wildman–Crippen MR) is 91.9 cm³/mol. The Kier molecular flexibility index (Phi) is 5.23. The van der Waals surface area contributed by atoms with Crippen molar-refractivity contribution >= 4 is 0 Å². The zero-order valence-corrected chi connectivity index (χ0v) is 13.5. The van der Waals surface area contributed by atoms with Gasteiger partial charge in [0.1, 0.15) is 0 Å². The maximum Gasteiger partial charge on any atom is 0.0363 e. The average Bonchev–Trinajstić information content (AvgIpc) is 2.61. The molecule has 0 amide bonds. The van der Waals surface area contributed by atoms with Gasteiger partial charge >= 0.3 is 0 Å². The second-order valence-electron chi connectivity index (χ2n) is 6.43.